The number of benzene rings is 2. The SMILES string of the molecule is CC(=O)OC1c2ccccc2CC1N1C(=O)c2ccccc2C1=O. The van der Waals surface area contributed by atoms with Crippen LogP contribution in [-0.4, -0.2) is 28.7 Å². The number of nitrogens with zero attached hydrogens (tertiary/aromatic N) is 1. The van der Waals surface area contributed by atoms with Crippen molar-refractivity contribution in [2.75, 3.05) is 0 Å². The summed E-state index contributed by atoms with van der Waals surface area (Å²) in [5.74, 6) is -1.09. The molecular formula is C19H15NO4. The lowest BCUT2D eigenvalue weighted by Crippen LogP contribution is -2.43. The highest BCUT2D eigenvalue weighted by molar-refractivity contribution is 6.21. The Kier molecular flexibility index (Phi) is 3.23. The number of imide groups is 1. The Morgan fingerprint density at radius 3 is 2.21 bits per heavy atom. The summed E-state index contributed by atoms with van der Waals surface area (Å²) >= 11 is 0. The van der Waals surface area contributed by atoms with Gasteiger partial charge in [0.05, 0.1) is 17.2 Å². The summed E-state index contributed by atoms with van der Waals surface area (Å²) in [7, 11) is 0. The minimum absolute atomic E-state index is 0.328. The van der Waals surface area contributed by atoms with Gasteiger partial charge >= 0.3 is 5.97 Å². The van der Waals surface area contributed by atoms with Gasteiger partial charge in [-0.15, -0.1) is 0 Å². The predicted octanol–water partition coefficient (Wildman–Crippen LogP) is 2.51. The molecule has 5 nitrogen and oxygen atoms in total. The molecule has 24 heavy (non-hydrogen) atoms. The van der Waals surface area contributed by atoms with E-state index in [2.05, 4.69) is 0 Å². The molecule has 0 bridgehead atoms. The molecule has 2 unspecified atom stereocenters. The Hall–Kier alpha value is -2.95. The number of ether oxygens (including phenoxy) is 1. The third-order valence-corrected chi connectivity index (χ3v) is 4.59. The molecule has 1 heterocycles. The Labute approximate surface area is 138 Å². The van der Waals surface area contributed by atoms with Crippen LogP contribution in [0.4, 0.5) is 0 Å². The largest absolute Gasteiger partial charge is 0.455 e. The fourth-order valence-corrected chi connectivity index (χ4v) is 3.59. The number of rotatable bonds is 2. The zero-order chi connectivity index (χ0) is 16.8. The van der Waals surface area contributed by atoms with Gasteiger partial charge in [-0.05, 0) is 29.7 Å². The summed E-state index contributed by atoms with van der Waals surface area (Å²) in [6.45, 7) is 1.33. The molecule has 2 aromatic rings. The number of fused-ring (bicyclic) bond motifs is 2. The van der Waals surface area contributed by atoms with E-state index in [1.807, 2.05) is 24.3 Å². The molecule has 0 fully saturated rings. The Bertz CT molecular complexity index is 838. The zero-order valence-corrected chi connectivity index (χ0v) is 13.1. The van der Waals surface area contributed by atoms with Crippen LogP contribution < -0.4 is 0 Å². The standard InChI is InChI=1S/C19H15NO4/c1-11(21)24-17-13-7-3-2-6-12(13)10-16(17)20-18(22)14-8-4-5-9-15(14)19(20)23/h2-9,16-17H,10H2,1H3. The van der Waals surface area contributed by atoms with Gasteiger partial charge in [0.2, 0.25) is 0 Å². The summed E-state index contributed by atoms with van der Waals surface area (Å²) in [6, 6.07) is 13.8. The van der Waals surface area contributed by atoms with Crippen molar-refractivity contribution in [2.24, 2.45) is 0 Å². The van der Waals surface area contributed by atoms with Gasteiger partial charge in [-0.25, -0.2) is 0 Å². The maximum Gasteiger partial charge on any atom is 0.303 e. The molecule has 5 heteroatoms. The van der Waals surface area contributed by atoms with E-state index < -0.39 is 18.1 Å². The van der Waals surface area contributed by atoms with Crippen molar-refractivity contribution >= 4 is 17.8 Å². The summed E-state index contributed by atoms with van der Waals surface area (Å²) in [5.41, 5.74) is 2.65. The van der Waals surface area contributed by atoms with Crippen molar-refractivity contribution in [1.82, 2.24) is 4.90 Å². The van der Waals surface area contributed by atoms with E-state index in [1.165, 1.54) is 11.8 Å². The van der Waals surface area contributed by atoms with Crippen LogP contribution >= 0.6 is 0 Å². The smallest absolute Gasteiger partial charge is 0.303 e. The Balaban J connectivity index is 1.76. The zero-order valence-electron chi connectivity index (χ0n) is 13.1. The van der Waals surface area contributed by atoms with Gasteiger partial charge in [0.25, 0.3) is 11.8 Å². The molecule has 0 N–H and O–H groups in total. The fraction of sp³-hybridized carbons (Fsp3) is 0.211. The second kappa shape index (κ2) is 5.30. The summed E-state index contributed by atoms with van der Waals surface area (Å²) in [4.78, 5) is 38.3. The number of hydrogen-bond donors (Lipinski definition) is 0. The van der Waals surface area contributed by atoms with Crippen LogP contribution in [0.2, 0.25) is 0 Å². The Morgan fingerprint density at radius 1 is 1.00 bits per heavy atom. The molecule has 2 atom stereocenters. The molecule has 2 aliphatic rings. The second-order valence-corrected chi connectivity index (χ2v) is 6.03. The van der Waals surface area contributed by atoms with Gasteiger partial charge < -0.3 is 4.74 Å². The first-order valence-electron chi connectivity index (χ1n) is 7.80. The van der Waals surface area contributed by atoms with E-state index in [1.54, 1.807) is 24.3 Å². The van der Waals surface area contributed by atoms with Crippen molar-refractivity contribution in [3.8, 4) is 0 Å². The molecular weight excluding hydrogens is 306 g/mol. The summed E-state index contributed by atoms with van der Waals surface area (Å²) < 4.78 is 5.47. The minimum atomic E-state index is -0.624. The van der Waals surface area contributed by atoms with Crippen molar-refractivity contribution in [2.45, 2.75) is 25.5 Å². The van der Waals surface area contributed by atoms with E-state index in [-0.39, 0.29) is 11.8 Å². The van der Waals surface area contributed by atoms with Crippen LogP contribution in [0.15, 0.2) is 48.5 Å². The van der Waals surface area contributed by atoms with Crippen molar-refractivity contribution < 1.29 is 19.1 Å². The first-order chi connectivity index (χ1) is 11.6. The molecule has 0 saturated carbocycles. The average Bonchev–Trinajstić information content (AvgIpc) is 3.04. The highest BCUT2D eigenvalue weighted by atomic mass is 16.5. The van der Waals surface area contributed by atoms with Crippen LogP contribution in [0.3, 0.4) is 0 Å². The van der Waals surface area contributed by atoms with Crippen LogP contribution in [0.1, 0.15) is 44.9 Å². The molecule has 120 valence electrons. The molecule has 1 aliphatic carbocycles. The number of amides is 2. The first-order valence-corrected chi connectivity index (χ1v) is 7.80. The van der Waals surface area contributed by atoms with Crippen LogP contribution in [0, 0.1) is 0 Å². The lowest BCUT2D eigenvalue weighted by atomic mass is 10.1. The van der Waals surface area contributed by atoms with Crippen LogP contribution in [0.5, 0.6) is 0 Å². The number of esters is 1. The van der Waals surface area contributed by atoms with Crippen molar-refractivity contribution in [3.05, 3.63) is 70.8 Å². The van der Waals surface area contributed by atoms with Gasteiger partial charge in [0.15, 0.2) is 0 Å². The lowest BCUT2D eigenvalue weighted by Gasteiger charge is -2.27. The third-order valence-electron chi connectivity index (χ3n) is 4.59. The first kappa shape index (κ1) is 14.6. The molecule has 0 aromatic heterocycles. The molecule has 4 rings (SSSR count). The normalized spacial score (nSPS) is 21.6. The molecule has 0 spiro atoms. The summed E-state index contributed by atoms with van der Waals surface area (Å²) in [5, 5.41) is 0. The van der Waals surface area contributed by atoms with E-state index in [4.69, 9.17) is 4.74 Å². The van der Waals surface area contributed by atoms with E-state index >= 15 is 0 Å². The van der Waals surface area contributed by atoms with Crippen LogP contribution in [0.25, 0.3) is 0 Å². The van der Waals surface area contributed by atoms with Gasteiger partial charge in [0, 0.05) is 6.92 Å². The fourth-order valence-electron chi connectivity index (χ4n) is 3.59. The van der Waals surface area contributed by atoms with Gasteiger partial charge in [0.1, 0.15) is 6.10 Å². The van der Waals surface area contributed by atoms with Crippen molar-refractivity contribution in [3.63, 3.8) is 0 Å². The molecule has 2 amide bonds. The minimum Gasteiger partial charge on any atom is -0.455 e. The topological polar surface area (TPSA) is 63.7 Å². The van der Waals surface area contributed by atoms with Gasteiger partial charge in [-0.1, -0.05) is 36.4 Å². The summed E-state index contributed by atoms with van der Waals surface area (Å²) in [6.07, 6.45) is -0.138. The second-order valence-electron chi connectivity index (χ2n) is 6.03. The molecule has 2 aromatic carbocycles. The quantitative estimate of drug-likeness (QED) is 0.630. The maximum absolute atomic E-state index is 12.7. The predicted molar refractivity (Wildman–Crippen MR) is 85.4 cm³/mol. The highest BCUT2D eigenvalue weighted by Gasteiger charge is 2.47. The van der Waals surface area contributed by atoms with Crippen LogP contribution in [-0.2, 0) is 16.0 Å². The molecule has 0 saturated heterocycles. The number of carbonyl (C=O) groups is 3. The van der Waals surface area contributed by atoms with Gasteiger partial charge in [-0.2, -0.15) is 0 Å². The van der Waals surface area contributed by atoms with E-state index in [0.717, 1.165) is 11.1 Å². The monoisotopic (exact) mass is 321 g/mol. The average molecular weight is 321 g/mol. The third kappa shape index (κ3) is 2.05. The maximum atomic E-state index is 12.7. The van der Waals surface area contributed by atoms with Gasteiger partial charge in [-0.3, -0.25) is 19.3 Å². The molecule has 0 radical (unpaired) electrons. The molecule has 1 aliphatic heterocycles. The van der Waals surface area contributed by atoms with E-state index in [9.17, 15) is 14.4 Å². The van der Waals surface area contributed by atoms with Crippen molar-refractivity contribution in [1.29, 1.82) is 0 Å². The Morgan fingerprint density at radius 2 is 1.58 bits per heavy atom. The lowest BCUT2D eigenvalue weighted by molar-refractivity contribution is -0.148. The number of hydrogen-bond acceptors (Lipinski definition) is 4. The number of carbonyl (C=O) groups excluding carboxylic acids is 3. The van der Waals surface area contributed by atoms with E-state index in [0.29, 0.717) is 17.5 Å². The highest BCUT2D eigenvalue weighted by Crippen LogP contribution is 2.40.